The molecule has 0 aliphatic heterocycles. The van der Waals surface area contributed by atoms with Crippen molar-refractivity contribution in [1.82, 2.24) is 9.78 Å². The monoisotopic (exact) mass is 392 g/mol. The van der Waals surface area contributed by atoms with Gasteiger partial charge < -0.3 is 4.74 Å². The van der Waals surface area contributed by atoms with Crippen LogP contribution in [-0.4, -0.2) is 22.7 Å². The highest BCUT2D eigenvalue weighted by Crippen LogP contribution is 2.34. The lowest BCUT2D eigenvalue weighted by Crippen LogP contribution is -2.11. The van der Waals surface area contributed by atoms with E-state index in [4.69, 9.17) is 4.74 Å². The van der Waals surface area contributed by atoms with Gasteiger partial charge in [0.2, 0.25) is 5.78 Å². The van der Waals surface area contributed by atoms with Crippen molar-refractivity contribution in [2.24, 2.45) is 0 Å². The molecule has 2 aromatic heterocycles. The number of aryl methyl sites for hydroxylation is 1. The fraction of sp³-hybridized carbons (Fsp3) is 0.273. The SMILES string of the molecule is CCn1ncc(OC)c1C(=O)c1cc(Br)sc1Br. The zero-order chi connectivity index (χ0) is 13.3. The van der Waals surface area contributed by atoms with Crippen molar-refractivity contribution in [3.05, 3.63) is 31.1 Å². The number of halogens is 2. The molecule has 2 aromatic rings. The zero-order valence-electron chi connectivity index (χ0n) is 9.74. The highest BCUT2D eigenvalue weighted by molar-refractivity contribution is 9.12. The molecule has 0 aliphatic rings. The molecule has 0 bridgehead atoms. The van der Waals surface area contributed by atoms with Crippen molar-refractivity contribution in [2.75, 3.05) is 7.11 Å². The lowest BCUT2D eigenvalue weighted by molar-refractivity contribution is 0.102. The van der Waals surface area contributed by atoms with Gasteiger partial charge in [-0.25, -0.2) is 0 Å². The normalized spacial score (nSPS) is 10.7. The van der Waals surface area contributed by atoms with Gasteiger partial charge in [0.05, 0.1) is 26.4 Å². The molecule has 2 heterocycles. The van der Waals surface area contributed by atoms with Crippen LogP contribution in [-0.2, 0) is 6.54 Å². The predicted octanol–water partition coefficient (Wildman–Crippen LogP) is 3.73. The van der Waals surface area contributed by atoms with Gasteiger partial charge in [0, 0.05) is 6.54 Å². The van der Waals surface area contributed by atoms with E-state index in [0.29, 0.717) is 23.6 Å². The number of methoxy groups -OCH3 is 1. The third-order valence-electron chi connectivity index (χ3n) is 2.44. The summed E-state index contributed by atoms with van der Waals surface area (Å²) in [5.41, 5.74) is 1.09. The van der Waals surface area contributed by atoms with E-state index in [9.17, 15) is 4.79 Å². The molecule has 0 aliphatic carbocycles. The molecule has 0 saturated carbocycles. The quantitative estimate of drug-likeness (QED) is 0.743. The van der Waals surface area contributed by atoms with E-state index in [1.807, 2.05) is 6.92 Å². The third-order valence-corrected chi connectivity index (χ3v) is 4.78. The average Bonchev–Trinajstić information content (AvgIpc) is 2.90. The lowest BCUT2D eigenvalue weighted by Gasteiger charge is -2.05. The standard InChI is InChI=1S/C11H10Br2N2O2S/c1-3-15-9(7(17-2)5-14-15)10(16)6-4-8(12)18-11(6)13/h4-5H,3H2,1-2H3. The van der Waals surface area contributed by atoms with Crippen LogP contribution in [0.3, 0.4) is 0 Å². The molecular formula is C11H10Br2N2O2S. The van der Waals surface area contributed by atoms with Gasteiger partial charge in [0.15, 0.2) is 11.4 Å². The second-order valence-corrected chi connectivity index (χ2v) is 7.19. The Bertz CT molecular complexity index is 570. The number of ether oxygens (including phenoxy) is 1. The molecule has 7 heteroatoms. The summed E-state index contributed by atoms with van der Waals surface area (Å²) in [6.45, 7) is 2.55. The summed E-state index contributed by atoms with van der Waals surface area (Å²) >= 11 is 8.23. The molecule has 2 rings (SSSR count). The van der Waals surface area contributed by atoms with Crippen LogP contribution in [0.5, 0.6) is 5.75 Å². The van der Waals surface area contributed by atoms with Gasteiger partial charge in [-0.15, -0.1) is 11.3 Å². The van der Waals surface area contributed by atoms with Crippen LogP contribution >= 0.6 is 43.2 Å². The second-order valence-electron chi connectivity index (χ2n) is 3.44. The van der Waals surface area contributed by atoms with Gasteiger partial charge >= 0.3 is 0 Å². The third kappa shape index (κ3) is 2.39. The molecule has 0 atom stereocenters. The van der Waals surface area contributed by atoms with Crippen LogP contribution in [0.15, 0.2) is 19.8 Å². The minimum atomic E-state index is -0.0972. The van der Waals surface area contributed by atoms with Gasteiger partial charge in [0.25, 0.3) is 0 Å². The lowest BCUT2D eigenvalue weighted by atomic mass is 10.1. The number of carbonyl (C=O) groups is 1. The molecule has 0 aromatic carbocycles. The molecule has 96 valence electrons. The molecule has 0 amide bonds. The highest BCUT2D eigenvalue weighted by atomic mass is 79.9. The molecule has 0 fully saturated rings. The first-order valence-corrected chi connectivity index (χ1v) is 7.58. The maximum absolute atomic E-state index is 12.5. The van der Waals surface area contributed by atoms with Gasteiger partial charge in [-0.2, -0.15) is 5.10 Å². The summed E-state index contributed by atoms with van der Waals surface area (Å²) < 4.78 is 8.53. The Morgan fingerprint density at radius 2 is 2.28 bits per heavy atom. The van der Waals surface area contributed by atoms with Crippen LogP contribution in [0.2, 0.25) is 0 Å². The second kappa shape index (κ2) is 5.54. The van der Waals surface area contributed by atoms with Crippen molar-refractivity contribution in [3.8, 4) is 5.75 Å². The number of ketones is 1. The molecule has 0 N–H and O–H groups in total. The number of hydrogen-bond donors (Lipinski definition) is 0. The Morgan fingerprint density at radius 1 is 1.56 bits per heavy atom. The summed E-state index contributed by atoms with van der Waals surface area (Å²) in [7, 11) is 1.53. The Hall–Kier alpha value is -0.660. The average molecular weight is 394 g/mol. The van der Waals surface area contributed by atoms with E-state index in [-0.39, 0.29) is 5.78 Å². The summed E-state index contributed by atoms with van der Waals surface area (Å²) in [5.74, 6) is 0.399. The highest BCUT2D eigenvalue weighted by Gasteiger charge is 2.23. The van der Waals surface area contributed by atoms with E-state index in [1.54, 1.807) is 16.9 Å². The first kappa shape index (κ1) is 13.8. The van der Waals surface area contributed by atoms with E-state index in [1.165, 1.54) is 18.4 Å². The van der Waals surface area contributed by atoms with Crippen molar-refractivity contribution in [2.45, 2.75) is 13.5 Å². The summed E-state index contributed by atoms with van der Waals surface area (Å²) in [5, 5.41) is 4.14. The van der Waals surface area contributed by atoms with E-state index in [2.05, 4.69) is 37.0 Å². The first-order valence-electron chi connectivity index (χ1n) is 5.17. The van der Waals surface area contributed by atoms with Crippen LogP contribution in [0.4, 0.5) is 0 Å². The van der Waals surface area contributed by atoms with Crippen LogP contribution < -0.4 is 4.74 Å². The molecular weight excluding hydrogens is 384 g/mol. The van der Waals surface area contributed by atoms with Crippen molar-refractivity contribution >= 4 is 49.0 Å². The Morgan fingerprint density at radius 3 is 2.78 bits per heavy atom. The molecule has 0 spiro atoms. The fourth-order valence-corrected chi connectivity index (χ4v) is 4.40. The molecule has 0 unspecified atom stereocenters. The fourth-order valence-electron chi connectivity index (χ4n) is 1.61. The van der Waals surface area contributed by atoms with E-state index in [0.717, 1.165) is 7.57 Å². The van der Waals surface area contributed by atoms with Gasteiger partial charge in [-0.3, -0.25) is 9.48 Å². The van der Waals surface area contributed by atoms with Crippen LogP contribution in [0.25, 0.3) is 0 Å². The Kier molecular flexibility index (Phi) is 4.24. The maximum atomic E-state index is 12.5. The number of rotatable bonds is 4. The van der Waals surface area contributed by atoms with Crippen LogP contribution in [0.1, 0.15) is 23.0 Å². The number of thiophene rings is 1. The molecule has 0 radical (unpaired) electrons. The first-order chi connectivity index (χ1) is 8.58. The summed E-state index contributed by atoms with van der Waals surface area (Å²) in [6, 6.07) is 1.80. The number of carbonyl (C=O) groups excluding carboxylic acids is 1. The van der Waals surface area contributed by atoms with Gasteiger partial charge in [-0.1, -0.05) is 0 Å². The minimum absolute atomic E-state index is 0.0972. The molecule has 18 heavy (non-hydrogen) atoms. The summed E-state index contributed by atoms with van der Waals surface area (Å²) in [4.78, 5) is 12.5. The maximum Gasteiger partial charge on any atom is 0.216 e. The number of hydrogen-bond acceptors (Lipinski definition) is 4. The van der Waals surface area contributed by atoms with Gasteiger partial charge in [-0.05, 0) is 44.8 Å². The Labute approximate surface area is 125 Å². The minimum Gasteiger partial charge on any atom is -0.493 e. The molecule has 0 saturated heterocycles. The topological polar surface area (TPSA) is 44.1 Å². The van der Waals surface area contributed by atoms with Crippen molar-refractivity contribution in [1.29, 1.82) is 0 Å². The zero-order valence-corrected chi connectivity index (χ0v) is 13.7. The van der Waals surface area contributed by atoms with Gasteiger partial charge in [0.1, 0.15) is 0 Å². The van der Waals surface area contributed by atoms with Crippen molar-refractivity contribution in [3.63, 3.8) is 0 Å². The largest absolute Gasteiger partial charge is 0.493 e. The van der Waals surface area contributed by atoms with E-state index < -0.39 is 0 Å². The smallest absolute Gasteiger partial charge is 0.216 e. The number of nitrogens with zero attached hydrogens (tertiary/aromatic N) is 2. The predicted molar refractivity (Wildman–Crippen MR) is 77.6 cm³/mol. The number of aromatic nitrogens is 2. The van der Waals surface area contributed by atoms with Crippen molar-refractivity contribution < 1.29 is 9.53 Å². The van der Waals surface area contributed by atoms with E-state index >= 15 is 0 Å². The summed E-state index contributed by atoms with van der Waals surface area (Å²) in [6.07, 6.45) is 1.56. The molecule has 4 nitrogen and oxygen atoms in total. The Balaban J connectivity index is 2.51. The van der Waals surface area contributed by atoms with Crippen LogP contribution in [0, 0.1) is 0 Å².